The summed E-state index contributed by atoms with van der Waals surface area (Å²) >= 11 is 1.43. The molecular weight excluding hydrogens is 386 g/mol. The van der Waals surface area contributed by atoms with Crippen LogP contribution in [0.1, 0.15) is 16.1 Å². The van der Waals surface area contributed by atoms with Gasteiger partial charge >= 0.3 is 6.09 Å². The molecule has 0 atom stereocenters. The van der Waals surface area contributed by atoms with E-state index in [1.807, 2.05) is 54.6 Å². The van der Waals surface area contributed by atoms with Crippen molar-refractivity contribution in [3.8, 4) is 22.4 Å². The summed E-state index contributed by atoms with van der Waals surface area (Å²) in [4.78, 5) is 29.8. The van der Waals surface area contributed by atoms with Crippen molar-refractivity contribution < 1.29 is 14.3 Å². The first-order valence-electron chi connectivity index (χ1n) is 9.03. The molecule has 0 radical (unpaired) electrons. The van der Waals surface area contributed by atoms with Crippen LogP contribution in [0.2, 0.25) is 0 Å². The van der Waals surface area contributed by atoms with E-state index in [1.54, 1.807) is 10.3 Å². The number of carbonyl (C=O) groups excluding carboxylic acids is 2. The third kappa shape index (κ3) is 4.45. The predicted octanol–water partition coefficient (Wildman–Crippen LogP) is 3.55. The van der Waals surface area contributed by atoms with Crippen LogP contribution >= 0.6 is 11.3 Å². The predicted molar refractivity (Wildman–Crippen MR) is 112 cm³/mol. The minimum Gasteiger partial charge on any atom is -0.447 e. The highest BCUT2D eigenvalue weighted by molar-refractivity contribution is 7.13. The maximum absolute atomic E-state index is 12.2. The minimum absolute atomic E-state index is 0.219. The van der Waals surface area contributed by atoms with Crippen molar-refractivity contribution in [2.45, 2.75) is 0 Å². The van der Waals surface area contributed by atoms with Crippen molar-refractivity contribution in [3.05, 3.63) is 71.2 Å². The largest absolute Gasteiger partial charge is 0.447 e. The Morgan fingerprint density at radius 3 is 2.69 bits per heavy atom. The lowest BCUT2D eigenvalue weighted by Crippen LogP contribution is -2.23. The van der Waals surface area contributed by atoms with Crippen molar-refractivity contribution >= 4 is 29.0 Å². The van der Waals surface area contributed by atoms with Crippen LogP contribution in [0.15, 0.2) is 60.0 Å². The van der Waals surface area contributed by atoms with Crippen LogP contribution in [0.4, 0.5) is 10.5 Å². The van der Waals surface area contributed by atoms with Crippen molar-refractivity contribution in [1.29, 1.82) is 0 Å². The summed E-state index contributed by atoms with van der Waals surface area (Å²) in [6.45, 7) is 1.18. The number of carbonyl (C=O) groups is 2. The first-order chi connectivity index (χ1) is 14.2. The number of amides is 2. The van der Waals surface area contributed by atoms with Gasteiger partial charge in [0.2, 0.25) is 0 Å². The second kappa shape index (κ2) is 8.59. The van der Waals surface area contributed by atoms with Gasteiger partial charge in [0.1, 0.15) is 17.3 Å². The number of hydrogen-bond acceptors (Lipinski definition) is 5. The Labute approximate surface area is 172 Å². The van der Waals surface area contributed by atoms with E-state index in [0.29, 0.717) is 18.8 Å². The van der Waals surface area contributed by atoms with E-state index in [-0.39, 0.29) is 18.5 Å². The van der Waals surface area contributed by atoms with Gasteiger partial charge in [-0.15, -0.1) is 11.3 Å². The third-order valence-electron chi connectivity index (χ3n) is 4.27. The maximum Gasteiger partial charge on any atom is 0.414 e. The van der Waals surface area contributed by atoms with E-state index < -0.39 is 0 Å². The van der Waals surface area contributed by atoms with Crippen LogP contribution in [0, 0.1) is 11.8 Å². The average Bonchev–Trinajstić information content (AvgIpc) is 3.42. The molecule has 2 aromatic carbocycles. The summed E-state index contributed by atoms with van der Waals surface area (Å²) in [7, 11) is 0. The Balaban J connectivity index is 1.31. The zero-order valence-corrected chi connectivity index (χ0v) is 16.2. The lowest BCUT2D eigenvalue weighted by atomic mass is 10.2. The molecular formula is C22H17N3O3S. The Kier molecular flexibility index (Phi) is 5.54. The Morgan fingerprint density at radius 2 is 1.97 bits per heavy atom. The number of nitrogens with one attached hydrogen (secondary N) is 1. The van der Waals surface area contributed by atoms with Crippen LogP contribution in [0.5, 0.6) is 0 Å². The molecule has 1 N–H and O–H groups in total. The van der Waals surface area contributed by atoms with E-state index in [2.05, 4.69) is 22.1 Å². The first-order valence-corrected chi connectivity index (χ1v) is 9.91. The number of cyclic esters (lactones) is 1. The third-order valence-corrected chi connectivity index (χ3v) is 5.16. The highest BCUT2D eigenvalue weighted by atomic mass is 32.1. The van der Waals surface area contributed by atoms with Crippen LogP contribution < -0.4 is 10.2 Å². The molecule has 0 spiro atoms. The molecule has 2 heterocycles. The fourth-order valence-corrected chi connectivity index (χ4v) is 3.61. The molecule has 1 fully saturated rings. The molecule has 1 aliphatic heterocycles. The second-order valence-corrected chi connectivity index (χ2v) is 7.06. The summed E-state index contributed by atoms with van der Waals surface area (Å²) in [5.74, 6) is 5.67. The minimum atomic E-state index is -0.330. The first kappa shape index (κ1) is 18.7. The quantitative estimate of drug-likeness (QED) is 0.677. The molecule has 2 amide bonds. The average molecular weight is 403 g/mol. The van der Waals surface area contributed by atoms with Crippen LogP contribution in [-0.2, 0) is 4.74 Å². The Bertz CT molecular complexity index is 1080. The molecule has 1 aromatic heterocycles. The molecule has 4 rings (SSSR count). The topological polar surface area (TPSA) is 71.5 Å². The Hall–Kier alpha value is -3.63. The van der Waals surface area contributed by atoms with Gasteiger partial charge in [-0.05, 0) is 24.3 Å². The fraction of sp³-hybridized carbons (Fsp3) is 0.136. The van der Waals surface area contributed by atoms with Crippen LogP contribution in [-0.4, -0.2) is 36.7 Å². The Morgan fingerprint density at radius 1 is 1.17 bits per heavy atom. The van der Waals surface area contributed by atoms with E-state index >= 15 is 0 Å². The molecule has 1 saturated heterocycles. The number of rotatable bonds is 4. The summed E-state index contributed by atoms with van der Waals surface area (Å²) < 4.78 is 4.93. The standard InChI is InChI=1S/C22H17N3O3S/c26-20(19-15-29-21(24-19)17-6-2-1-3-7-17)23-12-4-5-16-8-10-18(11-9-16)25-13-14-28-22(25)27/h1-3,6-11,15H,12-14H2,(H,23,26). The lowest BCUT2D eigenvalue weighted by molar-refractivity contribution is 0.0954. The van der Waals surface area contributed by atoms with E-state index in [1.165, 1.54) is 11.3 Å². The van der Waals surface area contributed by atoms with Crippen LogP contribution in [0.25, 0.3) is 10.6 Å². The zero-order chi connectivity index (χ0) is 20.1. The molecule has 3 aromatic rings. The van der Waals surface area contributed by atoms with Gasteiger partial charge in [0.05, 0.1) is 13.1 Å². The van der Waals surface area contributed by atoms with Crippen molar-refractivity contribution in [3.63, 3.8) is 0 Å². The van der Waals surface area contributed by atoms with Crippen molar-refractivity contribution in [1.82, 2.24) is 10.3 Å². The lowest BCUT2D eigenvalue weighted by Gasteiger charge is -2.11. The van der Waals surface area contributed by atoms with Gasteiger partial charge in [-0.2, -0.15) is 0 Å². The maximum atomic E-state index is 12.2. The van der Waals surface area contributed by atoms with E-state index in [9.17, 15) is 9.59 Å². The van der Waals surface area contributed by atoms with Crippen LogP contribution in [0.3, 0.4) is 0 Å². The molecule has 29 heavy (non-hydrogen) atoms. The molecule has 0 saturated carbocycles. The van der Waals surface area contributed by atoms with Gasteiger partial charge in [0.15, 0.2) is 0 Å². The highest BCUT2D eigenvalue weighted by Gasteiger charge is 2.23. The molecule has 1 aliphatic rings. The van der Waals surface area contributed by atoms with Crippen molar-refractivity contribution in [2.24, 2.45) is 0 Å². The number of nitrogens with zero attached hydrogens (tertiary/aromatic N) is 2. The summed E-state index contributed by atoms with van der Waals surface area (Å²) in [5.41, 5.74) is 2.96. The molecule has 144 valence electrons. The van der Waals surface area contributed by atoms with Gasteiger partial charge in [-0.25, -0.2) is 9.78 Å². The molecule has 6 nitrogen and oxygen atoms in total. The van der Waals surface area contributed by atoms with Gasteiger partial charge in [0, 0.05) is 22.2 Å². The highest BCUT2D eigenvalue weighted by Crippen LogP contribution is 2.23. The smallest absolute Gasteiger partial charge is 0.414 e. The number of benzene rings is 2. The van der Waals surface area contributed by atoms with E-state index in [0.717, 1.165) is 21.8 Å². The van der Waals surface area contributed by atoms with Crippen molar-refractivity contribution in [2.75, 3.05) is 24.6 Å². The number of hydrogen-bond donors (Lipinski definition) is 1. The van der Waals surface area contributed by atoms with Gasteiger partial charge in [-0.1, -0.05) is 42.2 Å². The number of anilines is 1. The fourth-order valence-electron chi connectivity index (χ4n) is 2.81. The SMILES string of the molecule is O=C(NCC#Cc1ccc(N2CCOC2=O)cc1)c1csc(-c2ccccc2)n1. The second-order valence-electron chi connectivity index (χ2n) is 6.20. The van der Waals surface area contributed by atoms with Gasteiger partial charge in [0.25, 0.3) is 5.91 Å². The molecule has 7 heteroatoms. The monoisotopic (exact) mass is 403 g/mol. The van der Waals surface area contributed by atoms with Gasteiger partial charge < -0.3 is 10.1 Å². The summed E-state index contributed by atoms with van der Waals surface area (Å²) in [6, 6.07) is 17.1. The summed E-state index contributed by atoms with van der Waals surface area (Å²) in [6.07, 6.45) is -0.330. The van der Waals surface area contributed by atoms with E-state index in [4.69, 9.17) is 4.74 Å². The number of aromatic nitrogens is 1. The molecule has 0 unspecified atom stereocenters. The zero-order valence-electron chi connectivity index (χ0n) is 15.4. The normalized spacial score (nSPS) is 12.8. The summed E-state index contributed by atoms with van der Waals surface area (Å²) in [5, 5.41) is 5.31. The molecule has 0 bridgehead atoms. The molecule has 0 aliphatic carbocycles. The number of ether oxygens (including phenoxy) is 1. The number of thiazole rings is 1. The van der Waals surface area contributed by atoms with Gasteiger partial charge in [-0.3, -0.25) is 9.69 Å².